The van der Waals surface area contributed by atoms with Crippen LogP contribution in [0.4, 0.5) is 13.2 Å². The van der Waals surface area contributed by atoms with Crippen molar-refractivity contribution in [3.05, 3.63) is 35.7 Å². The predicted octanol–water partition coefficient (Wildman–Crippen LogP) is 3.25. The minimum absolute atomic E-state index is 0.0125. The molecule has 0 radical (unpaired) electrons. The van der Waals surface area contributed by atoms with Crippen molar-refractivity contribution in [2.24, 2.45) is 0 Å². The van der Waals surface area contributed by atoms with Gasteiger partial charge in [-0.1, -0.05) is 0 Å². The maximum absolute atomic E-state index is 12.0. The number of carbonyl (C=O) groups is 1. The Morgan fingerprint density at radius 2 is 1.90 bits per heavy atom. The number of rotatable bonds is 3. The van der Waals surface area contributed by atoms with Gasteiger partial charge in [-0.2, -0.15) is 0 Å². The highest BCUT2D eigenvalue weighted by molar-refractivity contribution is 5.87. The van der Waals surface area contributed by atoms with E-state index in [1.54, 1.807) is 0 Å². The lowest BCUT2D eigenvalue weighted by Gasteiger charge is -2.08. The van der Waals surface area contributed by atoms with E-state index in [2.05, 4.69) is 9.72 Å². The predicted molar refractivity (Wildman–Crippen MR) is 60.3 cm³/mol. The van der Waals surface area contributed by atoms with Gasteiger partial charge in [-0.25, -0.2) is 9.78 Å². The second kappa shape index (κ2) is 4.87. The summed E-state index contributed by atoms with van der Waals surface area (Å²) in [6.45, 7) is 1.43. The Kier molecular flexibility index (Phi) is 3.39. The fourth-order valence-corrected chi connectivity index (χ4v) is 1.52. The van der Waals surface area contributed by atoms with Crippen molar-refractivity contribution in [1.29, 1.82) is 0 Å². The summed E-state index contributed by atoms with van der Waals surface area (Å²) in [5, 5.41) is 8.83. The molecule has 20 heavy (non-hydrogen) atoms. The van der Waals surface area contributed by atoms with Gasteiger partial charge in [0, 0.05) is 5.56 Å². The van der Waals surface area contributed by atoms with Crippen LogP contribution in [0.1, 0.15) is 16.2 Å². The molecule has 0 aliphatic heterocycles. The van der Waals surface area contributed by atoms with E-state index in [0.29, 0.717) is 5.56 Å². The molecule has 0 amide bonds. The first-order valence-electron chi connectivity index (χ1n) is 5.33. The van der Waals surface area contributed by atoms with Crippen molar-refractivity contribution < 1.29 is 32.2 Å². The third kappa shape index (κ3) is 3.08. The van der Waals surface area contributed by atoms with E-state index in [-0.39, 0.29) is 23.1 Å². The Hall–Kier alpha value is -2.51. The number of nitrogens with zero attached hydrogens (tertiary/aromatic N) is 1. The first-order chi connectivity index (χ1) is 9.26. The summed E-state index contributed by atoms with van der Waals surface area (Å²) in [5.41, 5.74) is 0.103. The number of ether oxygens (including phenoxy) is 1. The number of alkyl halides is 3. The van der Waals surface area contributed by atoms with Crippen molar-refractivity contribution >= 4 is 5.97 Å². The smallest absolute Gasteiger partial charge is 0.476 e. The van der Waals surface area contributed by atoms with Crippen LogP contribution in [-0.2, 0) is 0 Å². The number of carboxylic acids is 1. The molecule has 1 heterocycles. The molecular weight excluding hydrogens is 279 g/mol. The van der Waals surface area contributed by atoms with Crippen LogP contribution in [0.5, 0.6) is 5.75 Å². The molecule has 0 aliphatic rings. The van der Waals surface area contributed by atoms with Gasteiger partial charge in [0.1, 0.15) is 11.5 Å². The Morgan fingerprint density at radius 1 is 1.30 bits per heavy atom. The monoisotopic (exact) mass is 287 g/mol. The first kappa shape index (κ1) is 13.9. The Balaban J connectivity index is 2.26. The highest BCUT2D eigenvalue weighted by Crippen LogP contribution is 2.27. The molecule has 0 bridgehead atoms. The largest absolute Gasteiger partial charge is 0.573 e. The van der Waals surface area contributed by atoms with Crippen LogP contribution in [0.25, 0.3) is 11.5 Å². The van der Waals surface area contributed by atoms with Gasteiger partial charge >= 0.3 is 12.3 Å². The quantitative estimate of drug-likeness (QED) is 0.938. The molecule has 106 valence electrons. The van der Waals surface area contributed by atoms with Crippen LogP contribution in [0.15, 0.2) is 28.7 Å². The number of halogens is 3. The van der Waals surface area contributed by atoms with Gasteiger partial charge in [0.15, 0.2) is 5.69 Å². The molecule has 1 aromatic heterocycles. The Bertz CT molecular complexity index is 631. The van der Waals surface area contributed by atoms with E-state index in [1.165, 1.54) is 19.1 Å². The van der Waals surface area contributed by atoms with E-state index in [1.807, 2.05) is 0 Å². The van der Waals surface area contributed by atoms with Crippen LogP contribution in [0.2, 0.25) is 0 Å². The third-order valence-corrected chi connectivity index (χ3v) is 2.33. The average Bonchev–Trinajstić information content (AvgIpc) is 2.70. The summed E-state index contributed by atoms with van der Waals surface area (Å²) in [5.74, 6) is -1.50. The zero-order valence-corrected chi connectivity index (χ0v) is 10.1. The number of aromatic carboxylic acids is 1. The van der Waals surface area contributed by atoms with E-state index < -0.39 is 12.3 Å². The second-order valence-corrected chi connectivity index (χ2v) is 3.80. The molecular formula is C12H8F3NO4. The summed E-state index contributed by atoms with van der Waals surface area (Å²) in [4.78, 5) is 14.6. The molecule has 0 spiro atoms. The van der Waals surface area contributed by atoms with E-state index in [9.17, 15) is 18.0 Å². The summed E-state index contributed by atoms with van der Waals surface area (Å²) in [6.07, 6.45) is -4.77. The molecule has 0 fully saturated rings. The normalized spacial score (nSPS) is 11.4. The minimum Gasteiger partial charge on any atom is -0.476 e. The van der Waals surface area contributed by atoms with Crippen molar-refractivity contribution in [2.75, 3.05) is 0 Å². The lowest BCUT2D eigenvalue weighted by molar-refractivity contribution is -0.274. The SMILES string of the molecule is Cc1oc(-c2ccc(OC(F)(F)F)cc2)nc1C(=O)O. The number of aryl methyl sites for hydroxylation is 1. The topological polar surface area (TPSA) is 72.6 Å². The molecule has 2 rings (SSSR count). The molecule has 0 unspecified atom stereocenters. The van der Waals surface area contributed by atoms with Crippen LogP contribution < -0.4 is 4.74 Å². The number of aromatic nitrogens is 1. The van der Waals surface area contributed by atoms with Gasteiger partial charge in [0.05, 0.1) is 0 Å². The number of hydrogen-bond donors (Lipinski definition) is 1. The third-order valence-electron chi connectivity index (χ3n) is 2.33. The fraction of sp³-hybridized carbons (Fsp3) is 0.167. The van der Waals surface area contributed by atoms with Gasteiger partial charge in [0.2, 0.25) is 5.89 Å². The van der Waals surface area contributed by atoms with Gasteiger partial charge in [-0.15, -0.1) is 13.2 Å². The zero-order valence-electron chi connectivity index (χ0n) is 10.1. The van der Waals surface area contributed by atoms with E-state index in [4.69, 9.17) is 9.52 Å². The molecule has 5 nitrogen and oxygen atoms in total. The van der Waals surface area contributed by atoms with Crippen molar-refractivity contribution in [3.63, 3.8) is 0 Å². The van der Waals surface area contributed by atoms with Crippen LogP contribution in [0.3, 0.4) is 0 Å². The first-order valence-corrected chi connectivity index (χ1v) is 5.33. The van der Waals surface area contributed by atoms with Crippen LogP contribution in [0, 0.1) is 6.92 Å². The highest BCUT2D eigenvalue weighted by atomic mass is 19.4. The zero-order chi connectivity index (χ0) is 14.9. The van der Waals surface area contributed by atoms with Crippen molar-refractivity contribution in [3.8, 4) is 17.2 Å². The highest BCUT2D eigenvalue weighted by Gasteiger charge is 2.31. The number of benzene rings is 1. The van der Waals surface area contributed by atoms with Gasteiger partial charge in [-0.3, -0.25) is 0 Å². The lowest BCUT2D eigenvalue weighted by atomic mass is 10.2. The van der Waals surface area contributed by atoms with Gasteiger partial charge < -0.3 is 14.3 Å². The summed E-state index contributed by atoms with van der Waals surface area (Å²) in [6, 6.07) is 4.75. The van der Waals surface area contributed by atoms with Crippen LogP contribution >= 0.6 is 0 Å². The summed E-state index contributed by atoms with van der Waals surface area (Å²) < 4.78 is 44.8. The molecule has 0 saturated heterocycles. The standard InChI is InChI=1S/C12H8F3NO4/c1-6-9(11(17)18)16-10(19-6)7-2-4-8(5-3-7)20-12(13,14)15/h2-5H,1H3,(H,17,18). The fourth-order valence-electron chi connectivity index (χ4n) is 1.52. The van der Waals surface area contributed by atoms with Crippen LogP contribution in [-0.4, -0.2) is 22.4 Å². The van der Waals surface area contributed by atoms with Crippen molar-refractivity contribution in [2.45, 2.75) is 13.3 Å². The maximum atomic E-state index is 12.0. The summed E-state index contributed by atoms with van der Waals surface area (Å²) >= 11 is 0. The minimum atomic E-state index is -4.77. The molecule has 0 atom stereocenters. The summed E-state index contributed by atoms with van der Waals surface area (Å²) in [7, 11) is 0. The molecule has 0 aliphatic carbocycles. The molecule has 8 heteroatoms. The second-order valence-electron chi connectivity index (χ2n) is 3.80. The van der Waals surface area contributed by atoms with Crippen molar-refractivity contribution in [1.82, 2.24) is 4.98 Å². The Morgan fingerprint density at radius 3 is 2.35 bits per heavy atom. The molecule has 1 N–H and O–H groups in total. The van der Waals surface area contributed by atoms with Gasteiger partial charge in [-0.05, 0) is 31.2 Å². The number of oxazole rings is 1. The lowest BCUT2D eigenvalue weighted by Crippen LogP contribution is -2.16. The molecule has 0 saturated carbocycles. The average molecular weight is 287 g/mol. The molecule has 1 aromatic carbocycles. The number of carboxylic acid groups (broad SMARTS) is 1. The van der Waals surface area contributed by atoms with E-state index >= 15 is 0 Å². The number of hydrogen-bond acceptors (Lipinski definition) is 4. The maximum Gasteiger partial charge on any atom is 0.573 e. The molecule has 2 aromatic rings. The Labute approximate surface area is 110 Å². The van der Waals surface area contributed by atoms with E-state index in [0.717, 1.165) is 12.1 Å². The van der Waals surface area contributed by atoms with Gasteiger partial charge in [0.25, 0.3) is 0 Å².